The lowest BCUT2D eigenvalue weighted by Gasteiger charge is -2.18. The van der Waals surface area contributed by atoms with Gasteiger partial charge in [-0.25, -0.2) is 0 Å². The molecule has 0 fully saturated rings. The normalized spacial score (nSPS) is 10.6. The molecule has 0 spiro atoms. The molecule has 0 unspecified atom stereocenters. The highest BCUT2D eigenvalue weighted by atomic mass is 16.5. The molecule has 6 N–H and O–H groups in total. The molecule has 57 heavy (non-hydrogen) atoms. The van der Waals surface area contributed by atoms with Gasteiger partial charge in [0.2, 0.25) is 0 Å². The Hall–Kier alpha value is -8.04. The second-order valence-electron chi connectivity index (χ2n) is 12.8. The molecule has 0 saturated carbocycles. The molecule has 0 aliphatic carbocycles. The fraction of sp³-hybridized carbons (Fsp3) is 0. The average molecular weight is 751 g/mol. The zero-order chi connectivity index (χ0) is 38.8. The van der Waals surface area contributed by atoms with Crippen molar-refractivity contribution >= 4 is 34.1 Å². The Morgan fingerprint density at radius 1 is 0.263 bits per heavy atom. The molecule has 9 heteroatoms. The smallest absolute Gasteiger partial charge is 0.170 e. The van der Waals surface area contributed by atoms with E-state index in [0.717, 1.165) is 22.7 Å². The molecule has 9 nitrogen and oxygen atoms in total. The number of anilines is 6. The van der Waals surface area contributed by atoms with E-state index in [9.17, 15) is 0 Å². The molecule has 0 heterocycles. The minimum atomic E-state index is 0.514. The van der Waals surface area contributed by atoms with E-state index < -0.39 is 0 Å². The fourth-order valence-electron chi connectivity index (χ4n) is 5.78. The molecular weight excluding hydrogens is 713 g/mol. The van der Waals surface area contributed by atoms with E-state index in [1.807, 2.05) is 170 Å². The van der Waals surface area contributed by atoms with Crippen molar-refractivity contribution < 1.29 is 23.7 Å². The fourth-order valence-corrected chi connectivity index (χ4v) is 5.78. The van der Waals surface area contributed by atoms with Crippen LogP contribution in [0.2, 0.25) is 0 Å². The second-order valence-corrected chi connectivity index (χ2v) is 12.8. The predicted molar refractivity (Wildman–Crippen MR) is 227 cm³/mol. The van der Waals surface area contributed by atoms with E-state index in [2.05, 4.69) is 10.6 Å². The number of ether oxygens (including phenoxy) is 5. The standard InChI is InChI=1S/C48H38N4O5/c49-33-17-25-37(26-18-33)53-39-29-21-35(22-30-39)51-41-9-1-3-11-43(41)55-45-13-5-7-15-47(45)57-48-16-8-6-14-46(48)56-44-12-4-2-10-42(44)52-36-23-31-40(32-24-36)54-38-27-19-34(50)20-28-38/h1-32,51-52H,49-50H2. The average Bonchev–Trinajstić information content (AvgIpc) is 3.24. The zero-order valence-electron chi connectivity index (χ0n) is 30.7. The number of nitrogens with two attached hydrogens (primary N) is 2. The van der Waals surface area contributed by atoms with Gasteiger partial charge in [0.15, 0.2) is 34.5 Å². The molecule has 0 saturated heterocycles. The molecule has 0 aromatic heterocycles. The van der Waals surface area contributed by atoms with Crippen LogP contribution in [0.3, 0.4) is 0 Å². The van der Waals surface area contributed by atoms with Crippen molar-refractivity contribution in [2.75, 3.05) is 22.1 Å². The molecule has 0 amide bonds. The highest BCUT2D eigenvalue weighted by Gasteiger charge is 2.15. The van der Waals surface area contributed by atoms with Gasteiger partial charge in [-0.15, -0.1) is 0 Å². The summed E-state index contributed by atoms with van der Waals surface area (Å²) >= 11 is 0. The van der Waals surface area contributed by atoms with Crippen LogP contribution in [0.4, 0.5) is 34.1 Å². The quantitative estimate of drug-likeness (QED) is 0.0804. The lowest BCUT2D eigenvalue weighted by Crippen LogP contribution is -1.97. The number of nitrogen functional groups attached to an aromatic ring is 2. The number of hydrogen-bond donors (Lipinski definition) is 4. The first-order valence-corrected chi connectivity index (χ1v) is 18.2. The molecule has 8 aromatic rings. The summed E-state index contributed by atoms with van der Waals surface area (Å²) in [6.45, 7) is 0. The highest BCUT2D eigenvalue weighted by molar-refractivity contribution is 5.69. The van der Waals surface area contributed by atoms with E-state index in [0.29, 0.717) is 68.9 Å². The Kier molecular flexibility index (Phi) is 10.7. The van der Waals surface area contributed by atoms with Gasteiger partial charge in [0.1, 0.15) is 23.0 Å². The number of nitrogens with one attached hydrogen (secondary N) is 2. The van der Waals surface area contributed by atoms with Gasteiger partial charge in [-0.05, 0) is 146 Å². The van der Waals surface area contributed by atoms with Crippen molar-refractivity contribution in [3.8, 4) is 57.5 Å². The van der Waals surface area contributed by atoms with Gasteiger partial charge >= 0.3 is 0 Å². The molecule has 0 aliphatic rings. The highest BCUT2D eigenvalue weighted by Crippen LogP contribution is 2.42. The lowest BCUT2D eigenvalue weighted by molar-refractivity contribution is 0.395. The summed E-state index contributed by atoms with van der Waals surface area (Å²) in [5.74, 6) is 6.14. The van der Waals surface area contributed by atoms with Crippen molar-refractivity contribution in [1.82, 2.24) is 0 Å². The molecule has 8 rings (SSSR count). The molecule has 0 radical (unpaired) electrons. The van der Waals surface area contributed by atoms with Crippen LogP contribution in [0.5, 0.6) is 57.5 Å². The third-order valence-corrected chi connectivity index (χ3v) is 8.63. The van der Waals surface area contributed by atoms with E-state index in [1.54, 1.807) is 24.3 Å². The maximum absolute atomic E-state index is 6.51. The van der Waals surface area contributed by atoms with E-state index in [1.165, 1.54) is 0 Å². The van der Waals surface area contributed by atoms with Crippen LogP contribution in [0, 0.1) is 0 Å². The van der Waals surface area contributed by atoms with Crippen LogP contribution in [-0.4, -0.2) is 0 Å². The number of benzene rings is 8. The maximum Gasteiger partial charge on any atom is 0.170 e. The Morgan fingerprint density at radius 2 is 0.526 bits per heavy atom. The van der Waals surface area contributed by atoms with E-state index in [-0.39, 0.29) is 0 Å². The summed E-state index contributed by atoms with van der Waals surface area (Å²) < 4.78 is 31.4. The predicted octanol–water partition coefficient (Wildman–Crippen LogP) is 13.3. The Labute approximate surface area is 330 Å². The Balaban J connectivity index is 0.950. The van der Waals surface area contributed by atoms with Gasteiger partial charge in [-0.2, -0.15) is 0 Å². The van der Waals surface area contributed by atoms with Gasteiger partial charge in [-0.3, -0.25) is 0 Å². The molecule has 0 atom stereocenters. The second kappa shape index (κ2) is 17.0. The van der Waals surface area contributed by atoms with E-state index >= 15 is 0 Å². The summed E-state index contributed by atoms with van der Waals surface area (Å²) in [5, 5.41) is 6.92. The molecule has 280 valence electrons. The summed E-state index contributed by atoms with van der Waals surface area (Å²) in [7, 11) is 0. The molecule has 0 bridgehead atoms. The minimum Gasteiger partial charge on any atom is -0.457 e. The third-order valence-electron chi connectivity index (χ3n) is 8.63. The van der Waals surface area contributed by atoms with Crippen molar-refractivity contribution in [1.29, 1.82) is 0 Å². The van der Waals surface area contributed by atoms with Crippen LogP contribution < -0.4 is 45.8 Å². The van der Waals surface area contributed by atoms with Crippen LogP contribution >= 0.6 is 0 Å². The minimum absolute atomic E-state index is 0.514. The van der Waals surface area contributed by atoms with Gasteiger partial charge in [0, 0.05) is 22.7 Å². The summed E-state index contributed by atoms with van der Waals surface area (Å²) in [4.78, 5) is 0. The van der Waals surface area contributed by atoms with Crippen molar-refractivity contribution in [2.24, 2.45) is 0 Å². The SMILES string of the molecule is Nc1ccc(Oc2ccc(Nc3ccccc3Oc3ccccc3Oc3ccccc3Oc3ccccc3Nc3ccc(Oc4ccc(N)cc4)cc3)cc2)cc1. The first kappa shape index (κ1) is 36.0. The van der Waals surface area contributed by atoms with E-state index in [4.69, 9.17) is 35.2 Å². The third kappa shape index (κ3) is 9.37. The van der Waals surface area contributed by atoms with Crippen molar-refractivity contribution in [2.45, 2.75) is 0 Å². The number of hydrogen-bond acceptors (Lipinski definition) is 9. The summed E-state index contributed by atoms with van der Waals surface area (Å²) in [6.07, 6.45) is 0. The Morgan fingerprint density at radius 3 is 0.860 bits per heavy atom. The monoisotopic (exact) mass is 750 g/mol. The maximum atomic E-state index is 6.51. The lowest BCUT2D eigenvalue weighted by atomic mass is 10.2. The zero-order valence-corrected chi connectivity index (χ0v) is 30.7. The topological polar surface area (TPSA) is 122 Å². The van der Waals surface area contributed by atoms with Gasteiger partial charge in [0.05, 0.1) is 11.4 Å². The number of para-hydroxylation sites is 8. The van der Waals surface area contributed by atoms with Gasteiger partial charge in [-0.1, -0.05) is 48.5 Å². The van der Waals surface area contributed by atoms with Crippen LogP contribution in [0.25, 0.3) is 0 Å². The summed E-state index contributed by atoms with van der Waals surface area (Å²) in [6, 6.07) is 60.4. The van der Waals surface area contributed by atoms with Crippen molar-refractivity contribution in [3.63, 3.8) is 0 Å². The molecule has 8 aromatic carbocycles. The molecular formula is C48H38N4O5. The van der Waals surface area contributed by atoms with Gasteiger partial charge in [0.25, 0.3) is 0 Å². The van der Waals surface area contributed by atoms with Crippen LogP contribution in [-0.2, 0) is 0 Å². The first-order valence-electron chi connectivity index (χ1n) is 18.2. The van der Waals surface area contributed by atoms with Crippen LogP contribution in [0.15, 0.2) is 194 Å². The molecule has 0 aliphatic heterocycles. The van der Waals surface area contributed by atoms with Gasteiger partial charge < -0.3 is 45.8 Å². The Bertz CT molecular complexity index is 2380. The number of rotatable bonds is 14. The first-order chi connectivity index (χ1) is 28.0. The largest absolute Gasteiger partial charge is 0.457 e. The summed E-state index contributed by atoms with van der Waals surface area (Å²) in [5.41, 5.74) is 16.2. The van der Waals surface area contributed by atoms with Crippen LogP contribution in [0.1, 0.15) is 0 Å². The van der Waals surface area contributed by atoms with Crippen molar-refractivity contribution in [3.05, 3.63) is 194 Å².